The minimum Gasteiger partial charge on any atom is -0.323 e. The topological polar surface area (TPSA) is 89.6 Å². The Morgan fingerprint density at radius 1 is 1.07 bits per heavy atom. The van der Waals surface area contributed by atoms with E-state index in [4.69, 9.17) is 11.7 Å². The van der Waals surface area contributed by atoms with Gasteiger partial charge in [-0.1, -0.05) is 6.07 Å². The van der Waals surface area contributed by atoms with Gasteiger partial charge in [-0.25, -0.2) is 4.98 Å². The smallest absolute Gasteiger partial charge is 0.0867 e. The van der Waals surface area contributed by atoms with E-state index in [1.165, 1.54) is 0 Å². The molecule has 0 aliphatic carbocycles. The van der Waals surface area contributed by atoms with Crippen LogP contribution in [-0.2, 0) is 0 Å². The molecule has 14 heavy (non-hydrogen) atoms. The predicted molar refractivity (Wildman–Crippen MR) is 57.0 cm³/mol. The number of hydrazone groups is 2. The lowest BCUT2D eigenvalue weighted by atomic mass is 10.2. The molecule has 1 aromatic heterocycles. The fraction of sp³-hybridized carbons (Fsp3) is 0.222. The molecule has 0 atom stereocenters. The Hall–Kier alpha value is -1.91. The van der Waals surface area contributed by atoms with Crippen molar-refractivity contribution >= 4 is 11.4 Å². The van der Waals surface area contributed by atoms with Gasteiger partial charge in [0.2, 0.25) is 0 Å². The first-order valence-corrected chi connectivity index (χ1v) is 4.15. The summed E-state index contributed by atoms with van der Waals surface area (Å²) in [6.45, 7) is 3.59. The van der Waals surface area contributed by atoms with Crippen molar-refractivity contribution in [1.29, 1.82) is 0 Å². The van der Waals surface area contributed by atoms with Crippen LogP contribution >= 0.6 is 0 Å². The van der Waals surface area contributed by atoms with Gasteiger partial charge >= 0.3 is 0 Å². The third-order valence-corrected chi connectivity index (χ3v) is 1.88. The number of rotatable bonds is 2. The van der Waals surface area contributed by atoms with Crippen LogP contribution < -0.4 is 11.7 Å². The SMILES string of the molecule is C/C(=N/N)c1cccc(/C(C)=N\N)n1. The summed E-state index contributed by atoms with van der Waals surface area (Å²) < 4.78 is 0. The van der Waals surface area contributed by atoms with E-state index in [1.54, 1.807) is 13.8 Å². The Morgan fingerprint density at radius 3 is 1.86 bits per heavy atom. The maximum absolute atomic E-state index is 5.16. The molecule has 5 nitrogen and oxygen atoms in total. The van der Waals surface area contributed by atoms with E-state index in [-0.39, 0.29) is 0 Å². The highest BCUT2D eigenvalue weighted by Gasteiger charge is 2.02. The largest absolute Gasteiger partial charge is 0.323 e. The van der Waals surface area contributed by atoms with Gasteiger partial charge in [0.1, 0.15) is 0 Å². The van der Waals surface area contributed by atoms with E-state index in [9.17, 15) is 0 Å². The van der Waals surface area contributed by atoms with Crippen molar-refractivity contribution in [1.82, 2.24) is 4.98 Å². The molecular formula is C9H13N5. The van der Waals surface area contributed by atoms with Crippen molar-refractivity contribution in [3.05, 3.63) is 29.6 Å². The fourth-order valence-electron chi connectivity index (χ4n) is 0.970. The lowest BCUT2D eigenvalue weighted by Gasteiger charge is -2.01. The zero-order valence-corrected chi connectivity index (χ0v) is 8.23. The Morgan fingerprint density at radius 2 is 1.50 bits per heavy atom. The van der Waals surface area contributed by atoms with Crippen LogP contribution in [0.1, 0.15) is 25.2 Å². The molecule has 4 N–H and O–H groups in total. The Kier molecular flexibility index (Phi) is 3.17. The van der Waals surface area contributed by atoms with E-state index in [0.29, 0.717) is 11.4 Å². The molecule has 0 fully saturated rings. The molecular weight excluding hydrogens is 178 g/mol. The quantitative estimate of drug-likeness (QED) is 0.404. The molecule has 0 aromatic carbocycles. The number of pyridine rings is 1. The molecule has 0 radical (unpaired) electrons. The van der Waals surface area contributed by atoms with Crippen LogP contribution in [0, 0.1) is 0 Å². The third-order valence-electron chi connectivity index (χ3n) is 1.88. The number of nitrogens with zero attached hydrogens (tertiary/aromatic N) is 3. The Balaban J connectivity index is 3.14. The van der Waals surface area contributed by atoms with Gasteiger partial charge in [-0.05, 0) is 26.0 Å². The summed E-state index contributed by atoms with van der Waals surface area (Å²) in [5.74, 6) is 10.3. The lowest BCUT2D eigenvalue weighted by molar-refractivity contribution is 1.17. The van der Waals surface area contributed by atoms with Crippen LogP contribution in [-0.4, -0.2) is 16.4 Å². The van der Waals surface area contributed by atoms with Crippen LogP contribution in [0.2, 0.25) is 0 Å². The van der Waals surface area contributed by atoms with Crippen molar-refractivity contribution in [2.75, 3.05) is 0 Å². The monoisotopic (exact) mass is 191 g/mol. The van der Waals surface area contributed by atoms with Crippen LogP contribution in [0.5, 0.6) is 0 Å². The summed E-state index contributed by atoms with van der Waals surface area (Å²) in [6, 6.07) is 5.53. The fourth-order valence-corrected chi connectivity index (χ4v) is 0.970. The first-order valence-electron chi connectivity index (χ1n) is 4.15. The molecule has 0 unspecified atom stereocenters. The molecule has 0 amide bonds. The Bertz CT molecular complexity index is 347. The summed E-state index contributed by atoms with van der Waals surface area (Å²) >= 11 is 0. The highest BCUT2D eigenvalue weighted by atomic mass is 15.1. The van der Waals surface area contributed by atoms with Crippen molar-refractivity contribution in [3.63, 3.8) is 0 Å². The van der Waals surface area contributed by atoms with Gasteiger partial charge in [0, 0.05) is 0 Å². The molecule has 1 rings (SSSR count). The molecule has 5 heteroatoms. The average Bonchev–Trinajstić information content (AvgIpc) is 2.27. The number of hydrogen-bond acceptors (Lipinski definition) is 5. The zero-order chi connectivity index (χ0) is 10.6. The predicted octanol–water partition coefficient (Wildman–Crippen LogP) is 0.447. The van der Waals surface area contributed by atoms with Crippen LogP contribution in [0.15, 0.2) is 28.4 Å². The first-order chi connectivity index (χ1) is 6.69. The van der Waals surface area contributed by atoms with Crippen molar-refractivity contribution in [2.24, 2.45) is 21.9 Å². The maximum atomic E-state index is 5.16. The molecule has 1 heterocycles. The van der Waals surface area contributed by atoms with Gasteiger partial charge < -0.3 is 11.7 Å². The van der Waals surface area contributed by atoms with Crippen LogP contribution in [0.25, 0.3) is 0 Å². The second-order valence-corrected chi connectivity index (χ2v) is 2.84. The molecule has 0 spiro atoms. The second kappa shape index (κ2) is 4.36. The summed E-state index contributed by atoms with van der Waals surface area (Å²) in [5, 5.41) is 7.14. The molecule has 0 saturated heterocycles. The summed E-state index contributed by atoms with van der Waals surface area (Å²) in [6.07, 6.45) is 0. The minimum absolute atomic E-state index is 0.677. The molecule has 74 valence electrons. The number of nitrogens with two attached hydrogens (primary N) is 2. The van der Waals surface area contributed by atoms with Gasteiger partial charge in [-0.2, -0.15) is 10.2 Å². The standard InChI is InChI=1S/C9H13N5/c1-6(13-10)8-4-3-5-9(12-8)7(2)14-11/h3-5H,10-11H2,1-2H3/b13-6-,14-7-. The average molecular weight is 191 g/mol. The molecule has 1 aromatic rings. The highest BCUT2D eigenvalue weighted by Crippen LogP contribution is 2.01. The van der Waals surface area contributed by atoms with E-state index in [1.807, 2.05) is 18.2 Å². The molecule has 0 saturated carbocycles. The minimum atomic E-state index is 0.677. The van der Waals surface area contributed by atoms with Crippen LogP contribution in [0.4, 0.5) is 0 Å². The van der Waals surface area contributed by atoms with Gasteiger partial charge in [0.15, 0.2) is 0 Å². The molecule has 0 aliphatic rings. The van der Waals surface area contributed by atoms with E-state index in [2.05, 4.69) is 15.2 Å². The van der Waals surface area contributed by atoms with E-state index >= 15 is 0 Å². The summed E-state index contributed by atoms with van der Waals surface area (Å²) in [5.41, 5.74) is 2.81. The van der Waals surface area contributed by atoms with Gasteiger partial charge in [0.05, 0.1) is 22.8 Å². The number of hydrogen-bond donors (Lipinski definition) is 2. The number of aromatic nitrogens is 1. The third kappa shape index (κ3) is 2.07. The summed E-state index contributed by atoms with van der Waals surface area (Å²) in [7, 11) is 0. The first kappa shape index (κ1) is 10.2. The van der Waals surface area contributed by atoms with E-state index in [0.717, 1.165) is 11.4 Å². The summed E-state index contributed by atoms with van der Waals surface area (Å²) in [4.78, 5) is 4.29. The van der Waals surface area contributed by atoms with E-state index < -0.39 is 0 Å². The maximum Gasteiger partial charge on any atom is 0.0867 e. The van der Waals surface area contributed by atoms with Gasteiger partial charge in [-0.3, -0.25) is 0 Å². The normalized spacial score (nSPS) is 13.0. The van der Waals surface area contributed by atoms with Crippen molar-refractivity contribution in [2.45, 2.75) is 13.8 Å². The molecule has 0 aliphatic heterocycles. The van der Waals surface area contributed by atoms with Gasteiger partial charge in [0.25, 0.3) is 0 Å². The molecule has 0 bridgehead atoms. The highest BCUT2D eigenvalue weighted by molar-refractivity contribution is 6.00. The Labute approximate surface area is 82.5 Å². The van der Waals surface area contributed by atoms with Crippen LogP contribution in [0.3, 0.4) is 0 Å². The van der Waals surface area contributed by atoms with Gasteiger partial charge in [-0.15, -0.1) is 0 Å². The lowest BCUT2D eigenvalue weighted by Crippen LogP contribution is -2.07. The second-order valence-electron chi connectivity index (χ2n) is 2.84. The zero-order valence-electron chi connectivity index (χ0n) is 8.23. The van der Waals surface area contributed by atoms with Crippen molar-refractivity contribution in [3.8, 4) is 0 Å². The van der Waals surface area contributed by atoms with Crippen molar-refractivity contribution < 1.29 is 0 Å².